The smallest absolute Gasteiger partial charge is 0.129 e. The van der Waals surface area contributed by atoms with Gasteiger partial charge in [0.25, 0.3) is 0 Å². The molecule has 2 rings (SSSR count). The highest BCUT2D eigenvalue weighted by atomic mass is 35.5. The first-order valence-corrected chi connectivity index (χ1v) is 7.54. The SMILES string of the molecule is CNCc1nc(N2CC=C(C(C)(C)C)CC2)ccc1Cl. The van der Waals surface area contributed by atoms with Crippen LogP contribution in [-0.4, -0.2) is 25.1 Å². The third kappa shape index (κ3) is 3.53. The summed E-state index contributed by atoms with van der Waals surface area (Å²) in [7, 11) is 1.91. The lowest BCUT2D eigenvalue weighted by atomic mass is 9.83. The van der Waals surface area contributed by atoms with Crippen LogP contribution in [0.25, 0.3) is 0 Å². The molecule has 1 aliphatic heterocycles. The maximum absolute atomic E-state index is 6.16. The predicted octanol–water partition coefficient (Wildman–Crippen LogP) is 3.64. The summed E-state index contributed by atoms with van der Waals surface area (Å²) in [5.74, 6) is 1.02. The van der Waals surface area contributed by atoms with Crippen LogP contribution < -0.4 is 10.2 Å². The number of nitrogens with zero attached hydrogens (tertiary/aromatic N) is 2. The van der Waals surface area contributed by atoms with E-state index in [0.29, 0.717) is 6.54 Å². The molecule has 0 bridgehead atoms. The fraction of sp³-hybridized carbons (Fsp3) is 0.562. The monoisotopic (exact) mass is 293 g/mol. The molecule has 1 N–H and O–H groups in total. The van der Waals surface area contributed by atoms with Gasteiger partial charge in [-0.1, -0.05) is 44.0 Å². The molecule has 0 fully saturated rings. The summed E-state index contributed by atoms with van der Waals surface area (Å²) in [6, 6.07) is 3.96. The van der Waals surface area contributed by atoms with E-state index in [4.69, 9.17) is 11.6 Å². The van der Waals surface area contributed by atoms with E-state index in [1.54, 1.807) is 0 Å². The number of aromatic nitrogens is 1. The van der Waals surface area contributed by atoms with E-state index in [9.17, 15) is 0 Å². The molecule has 0 radical (unpaired) electrons. The van der Waals surface area contributed by atoms with Crippen LogP contribution >= 0.6 is 11.6 Å². The largest absolute Gasteiger partial charge is 0.353 e. The van der Waals surface area contributed by atoms with Crippen molar-refractivity contribution in [3.63, 3.8) is 0 Å². The van der Waals surface area contributed by atoms with Gasteiger partial charge >= 0.3 is 0 Å². The van der Waals surface area contributed by atoms with E-state index in [-0.39, 0.29) is 5.41 Å². The average molecular weight is 294 g/mol. The van der Waals surface area contributed by atoms with Crippen molar-refractivity contribution in [2.45, 2.75) is 33.7 Å². The van der Waals surface area contributed by atoms with Crippen molar-refractivity contribution >= 4 is 17.4 Å². The fourth-order valence-corrected chi connectivity index (χ4v) is 2.67. The van der Waals surface area contributed by atoms with E-state index >= 15 is 0 Å². The minimum absolute atomic E-state index is 0.275. The lowest BCUT2D eigenvalue weighted by Crippen LogP contribution is -2.32. The summed E-state index contributed by atoms with van der Waals surface area (Å²) in [5.41, 5.74) is 2.73. The van der Waals surface area contributed by atoms with Crippen molar-refractivity contribution in [3.8, 4) is 0 Å². The van der Waals surface area contributed by atoms with E-state index in [1.807, 2.05) is 19.2 Å². The highest BCUT2D eigenvalue weighted by Gasteiger charge is 2.22. The minimum Gasteiger partial charge on any atom is -0.353 e. The highest BCUT2D eigenvalue weighted by molar-refractivity contribution is 6.31. The van der Waals surface area contributed by atoms with Gasteiger partial charge in [0, 0.05) is 19.6 Å². The van der Waals surface area contributed by atoms with Crippen LogP contribution in [-0.2, 0) is 6.54 Å². The molecule has 0 atom stereocenters. The topological polar surface area (TPSA) is 28.2 Å². The Morgan fingerprint density at radius 3 is 2.65 bits per heavy atom. The Morgan fingerprint density at radius 2 is 2.10 bits per heavy atom. The van der Waals surface area contributed by atoms with Crippen molar-refractivity contribution in [2.75, 3.05) is 25.0 Å². The van der Waals surface area contributed by atoms with Crippen LogP contribution in [0.5, 0.6) is 0 Å². The van der Waals surface area contributed by atoms with Gasteiger partial charge in [-0.15, -0.1) is 0 Å². The first-order valence-electron chi connectivity index (χ1n) is 7.16. The molecule has 0 saturated carbocycles. The second-order valence-electron chi connectivity index (χ2n) is 6.30. The quantitative estimate of drug-likeness (QED) is 0.863. The lowest BCUT2D eigenvalue weighted by molar-refractivity contribution is 0.472. The lowest BCUT2D eigenvalue weighted by Gasteiger charge is -2.33. The van der Waals surface area contributed by atoms with Gasteiger partial charge in [-0.05, 0) is 31.0 Å². The molecule has 1 aromatic rings. The van der Waals surface area contributed by atoms with Gasteiger partial charge in [0.15, 0.2) is 0 Å². The molecule has 0 amide bonds. The minimum atomic E-state index is 0.275. The maximum Gasteiger partial charge on any atom is 0.129 e. The summed E-state index contributed by atoms with van der Waals surface area (Å²) in [4.78, 5) is 6.99. The van der Waals surface area contributed by atoms with Crippen molar-refractivity contribution in [3.05, 3.63) is 34.5 Å². The maximum atomic E-state index is 6.16. The fourth-order valence-electron chi connectivity index (χ4n) is 2.50. The summed E-state index contributed by atoms with van der Waals surface area (Å²) >= 11 is 6.16. The van der Waals surface area contributed by atoms with Gasteiger partial charge in [-0.2, -0.15) is 0 Å². The number of halogens is 1. The third-order valence-corrected chi connectivity index (χ3v) is 4.09. The van der Waals surface area contributed by atoms with Crippen LogP contribution in [0, 0.1) is 5.41 Å². The van der Waals surface area contributed by atoms with Gasteiger partial charge in [0.1, 0.15) is 5.82 Å². The molecule has 3 nitrogen and oxygen atoms in total. The van der Waals surface area contributed by atoms with Crippen LogP contribution in [0.15, 0.2) is 23.8 Å². The molecule has 0 aromatic carbocycles. The molecule has 20 heavy (non-hydrogen) atoms. The zero-order valence-corrected chi connectivity index (χ0v) is 13.6. The Hall–Kier alpha value is -1.06. The molecule has 2 heterocycles. The molecule has 110 valence electrons. The molecule has 4 heteroatoms. The van der Waals surface area contributed by atoms with Crippen molar-refractivity contribution in [1.82, 2.24) is 10.3 Å². The molecule has 1 aliphatic rings. The molecule has 0 unspecified atom stereocenters. The molecule has 0 saturated heterocycles. The number of pyridine rings is 1. The van der Waals surface area contributed by atoms with Crippen LogP contribution in [0.4, 0.5) is 5.82 Å². The molecular formula is C16H24ClN3. The second-order valence-corrected chi connectivity index (χ2v) is 6.71. The number of hydrogen-bond donors (Lipinski definition) is 1. The van der Waals surface area contributed by atoms with E-state index in [2.05, 4.69) is 42.0 Å². The third-order valence-electron chi connectivity index (χ3n) is 3.74. The van der Waals surface area contributed by atoms with Gasteiger partial charge in [-0.25, -0.2) is 4.98 Å². The normalized spacial score (nSPS) is 16.2. The Morgan fingerprint density at radius 1 is 1.35 bits per heavy atom. The van der Waals surface area contributed by atoms with Gasteiger partial charge in [0.05, 0.1) is 10.7 Å². The van der Waals surface area contributed by atoms with Gasteiger partial charge in [-0.3, -0.25) is 0 Å². The first kappa shape index (κ1) is 15.3. The van der Waals surface area contributed by atoms with Crippen LogP contribution in [0.1, 0.15) is 32.9 Å². The van der Waals surface area contributed by atoms with Crippen LogP contribution in [0.3, 0.4) is 0 Å². The van der Waals surface area contributed by atoms with E-state index < -0.39 is 0 Å². The summed E-state index contributed by atoms with van der Waals surface area (Å²) in [6.07, 6.45) is 3.45. The van der Waals surface area contributed by atoms with Crippen molar-refractivity contribution in [1.29, 1.82) is 0 Å². The summed E-state index contributed by atoms with van der Waals surface area (Å²) in [6.45, 7) is 9.49. The Labute approximate surface area is 127 Å². The Bertz CT molecular complexity index is 503. The van der Waals surface area contributed by atoms with E-state index in [1.165, 1.54) is 5.57 Å². The van der Waals surface area contributed by atoms with Gasteiger partial charge < -0.3 is 10.2 Å². The predicted molar refractivity (Wildman–Crippen MR) is 86.4 cm³/mol. The molecule has 0 spiro atoms. The zero-order chi connectivity index (χ0) is 14.8. The Kier molecular flexibility index (Phi) is 4.71. The standard InChI is InChI=1S/C16H24ClN3/c1-16(2,3)12-7-9-20(10-8-12)15-6-5-13(17)14(19-15)11-18-4/h5-7,18H,8-11H2,1-4H3. The van der Waals surface area contributed by atoms with Crippen LogP contribution in [0.2, 0.25) is 5.02 Å². The van der Waals surface area contributed by atoms with Gasteiger partial charge in [0.2, 0.25) is 0 Å². The second kappa shape index (κ2) is 6.15. The molecule has 1 aromatic heterocycles. The summed E-state index contributed by atoms with van der Waals surface area (Å²) < 4.78 is 0. The number of anilines is 1. The van der Waals surface area contributed by atoms with Crippen molar-refractivity contribution in [2.24, 2.45) is 5.41 Å². The first-order chi connectivity index (χ1) is 9.41. The van der Waals surface area contributed by atoms with Crippen molar-refractivity contribution < 1.29 is 0 Å². The van der Waals surface area contributed by atoms with E-state index in [0.717, 1.165) is 36.0 Å². The zero-order valence-electron chi connectivity index (χ0n) is 12.8. The number of nitrogens with one attached hydrogen (secondary N) is 1. The summed E-state index contributed by atoms with van der Waals surface area (Å²) in [5, 5.41) is 3.83. The highest BCUT2D eigenvalue weighted by Crippen LogP contribution is 2.31. The Balaban J connectivity index is 2.15. The average Bonchev–Trinajstić information content (AvgIpc) is 2.41. The number of rotatable bonds is 3. The molecular weight excluding hydrogens is 270 g/mol. The number of hydrogen-bond acceptors (Lipinski definition) is 3. The molecule has 0 aliphatic carbocycles.